The molecular formula is C13H18FNS. The first-order valence-electron chi connectivity index (χ1n) is 5.82. The standard InChI is InChI=1S/C13H18FNS/c1-10-4-5-13(14)11(7-10)8-15-12-3-2-6-16-9-12/h4-5,7,12,15H,2-3,6,8-9H2,1H3. The van der Waals surface area contributed by atoms with Gasteiger partial charge in [-0.1, -0.05) is 17.7 Å². The van der Waals surface area contributed by atoms with Gasteiger partial charge in [-0.3, -0.25) is 0 Å². The van der Waals surface area contributed by atoms with Crippen LogP contribution in [0.25, 0.3) is 0 Å². The third-order valence-corrected chi connectivity index (χ3v) is 4.16. The minimum atomic E-state index is -0.0958. The fourth-order valence-electron chi connectivity index (χ4n) is 1.99. The summed E-state index contributed by atoms with van der Waals surface area (Å²) in [5.74, 6) is 2.34. The maximum atomic E-state index is 13.5. The van der Waals surface area contributed by atoms with Crippen LogP contribution in [-0.4, -0.2) is 17.5 Å². The van der Waals surface area contributed by atoms with Crippen LogP contribution in [0.15, 0.2) is 18.2 Å². The van der Waals surface area contributed by atoms with Gasteiger partial charge in [-0.15, -0.1) is 0 Å². The predicted octanol–water partition coefficient (Wildman–Crippen LogP) is 3.12. The molecule has 1 unspecified atom stereocenters. The van der Waals surface area contributed by atoms with E-state index in [1.807, 2.05) is 30.8 Å². The molecule has 1 aliphatic rings. The Balaban J connectivity index is 1.90. The lowest BCUT2D eigenvalue weighted by molar-refractivity contribution is 0.496. The second-order valence-corrected chi connectivity index (χ2v) is 5.54. The zero-order chi connectivity index (χ0) is 11.4. The van der Waals surface area contributed by atoms with Gasteiger partial charge in [0.1, 0.15) is 5.82 Å². The third-order valence-electron chi connectivity index (χ3n) is 2.94. The van der Waals surface area contributed by atoms with Crippen LogP contribution in [0.1, 0.15) is 24.0 Å². The smallest absolute Gasteiger partial charge is 0.127 e. The fourth-order valence-corrected chi connectivity index (χ4v) is 3.10. The van der Waals surface area contributed by atoms with Gasteiger partial charge in [0.2, 0.25) is 0 Å². The molecule has 0 aliphatic carbocycles. The van der Waals surface area contributed by atoms with Gasteiger partial charge < -0.3 is 5.32 Å². The number of hydrogen-bond acceptors (Lipinski definition) is 2. The average molecular weight is 239 g/mol. The maximum absolute atomic E-state index is 13.5. The van der Waals surface area contributed by atoms with E-state index in [1.165, 1.54) is 18.6 Å². The van der Waals surface area contributed by atoms with Gasteiger partial charge in [0.25, 0.3) is 0 Å². The SMILES string of the molecule is Cc1ccc(F)c(CNC2CCCSC2)c1. The highest BCUT2D eigenvalue weighted by Gasteiger charge is 2.13. The molecule has 0 radical (unpaired) electrons. The Kier molecular flexibility index (Phi) is 4.24. The lowest BCUT2D eigenvalue weighted by atomic mass is 10.1. The number of benzene rings is 1. The van der Waals surface area contributed by atoms with E-state index >= 15 is 0 Å². The molecule has 3 heteroatoms. The molecule has 1 aliphatic heterocycles. The molecule has 0 saturated carbocycles. The van der Waals surface area contributed by atoms with Crippen LogP contribution in [0, 0.1) is 12.7 Å². The van der Waals surface area contributed by atoms with Crippen molar-refractivity contribution in [2.45, 2.75) is 32.4 Å². The maximum Gasteiger partial charge on any atom is 0.127 e. The molecule has 1 N–H and O–H groups in total. The van der Waals surface area contributed by atoms with E-state index in [9.17, 15) is 4.39 Å². The van der Waals surface area contributed by atoms with Crippen molar-refractivity contribution in [3.05, 3.63) is 35.1 Å². The van der Waals surface area contributed by atoms with Crippen LogP contribution in [0.5, 0.6) is 0 Å². The van der Waals surface area contributed by atoms with Crippen molar-refractivity contribution in [1.82, 2.24) is 5.32 Å². The summed E-state index contributed by atoms with van der Waals surface area (Å²) in [6.07, 6.45) is 2.50. The van der Waals surface area contributed by atoms with Crippen molar-refractivity contribution >= 4 is 11.8 Å². The van der Waals surface area contributed by atoms with Crippen LogP contribution in [0.4, 0.5) is 4.39 Å². The predicted molar refractivity (Wildman–Crippen MR) is 68.3 cm³/mol. The van der Waals surface area contributed by atoms with Crippen LogP contribution < -0.4 is 5.32 Å². The van der Waals surface area contributed by atoms with Crippen molar-refractivity contribution in [3.63, 3.8) is 0 Å². The van der Waals surface area contributed by atoms with E-state index in [-0.39, 0.29) is 5.82 Å². The van der Waals surface area contributed by atoms with Gasteiger partial charge in [-0.25, -0.2) is 4.39 Å². The summed E-state index contributed by atoms with van der Waals surface area (Å²) in [6, 6.07) is 5.86. The molecule has 0 spiro atoms. The molecule has 88 valence electrons. The Labute approximate surface area is 101 Å². The number of nitrogens with one attached hydrogen (secondary N) is 1. The molecule has 1 nitrogen and oxygen atoms in total. The first-order valence-corrected chi connectivity index (χ1v) is 6.97. The van der Waals surface area contributed by atoms with Crippen molar-refractivity contribution in [2.75, 3.05) is 11.5 Å². The van der Waals surface area contributed by atoms with Crippen LogP contribution in [0.3, 0.4) is 0 Å². The molecule has 1 aromatic carbocycles. The topological polar surface area (TPSA) is 12.0 Å². The molecule has 1 heterocycles. The van der Waals surface area contributed by atoms with Crippen LogP contribution in [0.2, 0.25) is 0 Å². The van der Waals surface area contributed by atoms with Crippen molar-refractivity contribution in [3.8, 4) is 0 Å². The van der Waals surface area contributed by atoms with Gasteiger partial charge in [0.05, 0.1) is 0 Å². The molecule has 1 atom stereocenters. The highest BCUT2D eigenvalue weighted by atomic mass is 32.2. The van der Waals surface area contributed by atoms with Crippen molar-refractivity contribution in [2.24, 2.45) is 0 Å². The van der Waals surface area contributed by atoms with Gasteiger partial charge in [-0.2, -0.15) is 11.8 Å². The first-order chi connectivity index (χ1) is 7.75. The van der Waals surface area contributed by atoms with Crippen LogP contribution in [-0.2, 0) is 6.54 Å². The Morgan fingerprint density at radius 3 is 3.12 bits per heavy atom. The normalized spacial score (nSPS) is 21.0. The minimum absolute atomic E-state index is 0.0958. The van der Waals surface area contributed by atoms with E-state index in [0.29, 0.717) is 12.6 Å². The first kappa shape index (κ1) is 11.9. The monoisotopic (exact) mass is 239 g/mol. The minimum Gasteiger partial charge on any atom is -0.309 e. The molecule has 1 saturated heterocycles. The summed E-state index contributed by atoms with van der Waals surface area (Å²) < 4.78 is 13.5. The molecule has 0 bridgehead atoms. The summed E-state index contributed by atoms with van der Waals surface area (Å²) in [7, 11) is 0. The van der Waals surface area contributed by atoms with E-state index in [2.05, 4.69) is 5.32 Å². The highest BCUT2D eigenvalue weighted by molar-refractivity contribution is 7.99. The van der Waals surface area contributed by atoms with Crippen molar-refractivity contribution in [1.29, 1.82) is 0 Å². The largest absolute Gasteiger partial charge is 0.309 e. The van der Waals surface area contributed by atoms with E-state index in [1.54, 1.807) is 6.07 Å². The number of halogens is 1. The lowest BCUT2D eigenvalue weighted by Crippen LogP contribution is -2.33. The zero-order valence-electron chi connectivity index (χ0n) is 9.63. The van der Waals surface area contributed by atoms with Crippen LogP contribution >= 0.6 is 11.8 Å². The number of aryl methyl sites for hydroxylation is 1. The van der Waals surface area contributed by atoms with Gasteiger partial charge in [0, 0.05) is 23.9 Å². The molecular weight excluding hydrogens is 221 g/mol. The Morgan fingerprint density at radius 2 is 2.38 bits per heavy atom. The van der Waals surface area contributed by atoms with Crippen molar-refractivity contribution < 1.29 is 4.39 Å². The summed E-state index contributed by atoms with van der Waals surface area (Å²) in [5.41, 5.74) is 1.91. The number of thioether (sulfide) groups is 1. The number of hydrogen-bond donors (Lipinski definition) is 1. The fraction of sp³-hybridized carbons (Fsp3) is 0.538. The molecule has 2 rings (SSSR count). The van der Waals surface area contributed by atoms with E-state index in [4.69, 9.17) is 0 Å². The quantitative estimate of drug-likeness (QED) is 0.869. The number of rotatable bonds is 3. The summed E-state index contributed by atoms with van der Waals surface area (Å²) in [6.45, 7) is 2.65. The Hall–Kier alpha value is -0.540. The van der Waals surface area contributed by atoms with E-state index in [0.717, 1.165) is 16.9 Å². The molecule has 0 aromatic heterocycles. The zero-order valence-corrected chi connectivity index (χ0v) is 10.4. The summed E-state index contributed by atoms with van der Waals surface area (Å²) >= 11 is 1.99. The molecule has 1 aromatic rings. The third kappa shape index (κ3) is 3.22. The lowest BCUT2D eigenvalue weighted by Gasteiger charge is -2.22. The summed E-state index contributed by atoms with van der Waals surface area (Å²) in [5, 5.41) is 3.45. The van der Waals surface area contributed by atoms with Gasteiger partial charge in [0.15, 0.2) is 0 Å². The molecule has 16 heavy (non-hydrogen) atoms. The highest BCUT2D eigenvalue weighted by Crippen LogP contribution is 2.18. The summed E-state index contributed by atoms with van der Waals surface area (Å²) in [4.78, 5) is 0. The molecule has 1 fully saturated rings. The van der Waals surface area contributed by atoms with Gasteiger partial charge >= 0.3 is 0 Å². The second-order valence-electron chi connectivity index (χ2n) is 4.39. The van der Waals surface area contributed by atoms with E-state index < -0.39 is 0 Å². The molecule has 0 amide bonds. The average Bonchev–Trinajstić information content (AvgIpc) is 2.32. The second kappa shape index (κ2) is 5.69. The van der Waals surface area contributed by atoms with Gasteiger partial charge in [-0.05, 0) is 31.6 Å². The Morgan fingerprint density at radius 1 is 1.50 bits per heavy atom. The Bertz CT molecular complexity index is 348.